The summed E-state index contributed by atoms with van der Waals surface area (Å²) in [5, 5.41) is 0. The van der Waals surface area contributed by atoms with Crippen molar-refractivity contribution in [3.8, 4) is 5.75 Å². The van der Waals surface area contributed by atoms with Crippen molar-refractivity contribution in [2.75, 3.05) is 0 Å². The Kier molecular flexibility index (Phi) is 3.86. The summed E-state index contributed by atoms with van der Waals surface area (Å²) in [6.45, 7) is 5.32. The second kappa shape index (κ2) is 4.66. The van der Waals surface area contributed by atoms with Crippen LogP contribution in [-0.4, -0.2) is 13.9 Å². The van der Waals surface area contributed by atoms with Gasteiger partial charge in [0.1, 0.15) is 0 Å². The van der Waals surface area contributed by atoms with Crippen molar-refractivity contribution in [1.29, 1.82) is 0 Å². The molecular weight excluding hydrogens is 288 g/mol. The molecule has 1 aromatic rings. The lowest BCUT2D eigenvalue weighted by atomic mass is 9.87. The number of halogens is 4. The Morgan fingerprint density at radius 1 is 1.11 bits per heavy atom. The Morgan fingerprint density at radius 3 is 2.00 bits per heavy atom. The Balaban J connectivity index is 3.13. The molecule has 0 fully saturated rings. The van der Waals surface area contributed by atoms with Crippen LogP contribution in [0.1, 0.15) is 26.3 Å². The quantitative estimate of drug-likeness (QED) is 0.478. The van der Waals surface area contributed by atoms with E-state index in [1.165, 1.54) is 6.07 Å². The maximum absolute atomic E-state index is 13.5. The first-order chi connectivity index (χ1) is 8.34. The first kappa shape index (κ1) is 15.7. The fourth-order valence-electron chi connectivity index (χ4n) is 1.20. The maximum atomic E-state index is 13.5. The van der Waals surface area contributed by atoms with Crippen LogP contribution in [0, 0.1) is 5.82 Å². The molecule has 0 saturated heterocycles. The zero-order valence-electron chi connectivity index (χ0n) is 10.4. The molecule has 0 radical (unpaired) electrons. The Bertz CT molecular complexity index is 571. The average molecular weight is 300 g/mol. The zero-order valence-corrected chi connectivity index (χ0v) is 11.2. The van der Waals surface area contributed by atoms with E-state index in [0.717, 1.165) is 12.1 Å². The van der Waals surface area contributed by atoms with E-state index >= 15 is 0 Å². The molecule has 0 unspecified atom stereocenters. The van der Waals surface area contributed by atoms with Crippen LogP contribution in [0.5, 0.6) is 5.75 Å². The second-order valence-electron chi connectivity index (χ2n) is 4.88. The molecule has 0 amide bonds. The molecule has 0 bridgehead atoms. The van der Waals surface area contributed by atoms with Gasteiger partial charge in [-0.15, -0.1) is 0 Å². The topological polar surface area (TPSA) is 43.4 Å². The molecule has 8 heteroatoms. The minimum atomic E-state index is -5.86. The summed E-state index contributed by atoms with van der Waals surface area (Å²) in [4.78, 5) is 0. The number of benzene rings is 1. The molecule has 0 aliphatic rings. The maximum Gasteiger partial charge on any atom is 0.534 e. The van der Waals surface area contributed by atoms with Gasteiger partial charge in [0.2, 0.25) is 0 Å². The molecule has 0 spiro atoms. The first-order valence-corrected chi connectivity index (χ1v) is 6.56. The summed E-state index contributed by atoms with van der Waals surface area (Å²) in [6, 6.07) is 3.12. The van der Waals surface area contributed by atoms with Gasteiger partial charge in [-0.1, -0.05) is 26.8 Å². The monoisotopic (exact) mass is 300 g/mol. The van der Waals surface area contributed by atoms with Gasteiger partial charge in [-0.25, -0.2) is 4.39 Å². The van der Waals surface area contributed by atoms with Crippen LogP contribution in [0.4, 0.5) is 17.6 Å². The van der Waals surface area contributed by atoms with Crippen molar-refractivity contribution in [3.63, 3.8) is 0 Å². The van der Waals surface area contributed by atoms with Crippen molar-refractivity contribution in [2.24, 2.45) is 0 Å². The molecule has 1 aromatic carbocycles. The molecule has 0 N–H and O–H groups in total. The molecule has 108 valence electrons. The highest BCUT2D eigenvalue weighted by atomic mass is 32.2. The predicted molar refractivity (Wildman–Crippen MR) is 60.7 cm³/mol. The lowest BCUT2D eigenvalue weighted by Gasteiger charge is -2.19. The van der Waals surface area contributed by atoms with Gasteiger partial charge in [0.05, 0.1) is 0 Å². The van der Waals surface area contributed by atoms with Gasteiger partial charge < -0.3 is 4.18 Å². The average Bonchev–Trinajstić information content (AvgIpc) is 2.17. The van der Waals surface area contributed by atoms with Crippen molar-refractivity contribution >= 4 is 10.1 Å². The summed E-state index contributed by atoms with van der Waals surface area (Å²) in [5.74, 6) is -2.15. The minimum absolute atomic E-state index is 0.428. The number of hydrogen-bond donors (Lipinski definition) is 0. The highest BCUT2D eigenvalue weighted by Crippen LogP contribution is 2.31. The smallest absolute Gasteiger partial charge is 0.373 e. The summed E-state index contributed by atoms with van der Waals surface area (Å²) in [5.41, 5.74) is -5.52. The molecule has 3 nitrogen and oxygen atoms in total. The Labute approximate surface area is 108 Å². The van der Waals surface area contributed by atoms with E-state index in [2.05, 4.69) is 4.18 Å². The lowest BCUT2D eigenvalue weighted by Crippen LogP contribution is -2.28. The molecule has 1 rings (SSSR count). The van der Waals surface area contributed by atoms with Crippen LogP contribution in [0.25, 0.3) is 0 Å². The van der Waals surface area contributed by atoms with Crippen LogP contribution >= 0.6 is 0 Å². The van der Waals surface area contributed by atoms with E-state index in [1.807, 2.05) is 0 Å². The molecule has 0 aliphatic carbocycles. The third kappa shape index (κ3) is 3.59. The SMILES string of the molecule is CC(C)(C)c1ccc(OS(=O)(=O)C(F)(F)F)c(F)c1. The third-order valence-corrected chi connectivity index (χ3v) is 3.25. The summed E-state index contributed by atoms with van der Waals surface area (Å²) in [7, 11) is -5.86. The summed E-state index contributed by atoms with van der Waals surface area (Å²) < 4.78 is 75.0. The van der Waals surface area contributed by atoms with Gasteiger partial charge in [-0.3, -0.25) is 0 Å². The van der Waals surface area contributed by atoms with Crippen LogP contribution in [0.3, 0.4) is 0 Å². The molecular formula is C11H12F4O3S. The molecule has 0 atom stereocenters. The van der Waals surface area contributed by atoms with E-state index in [0.29, 0.717) is 5.56 Å². The van der Waals surface area contributed by atoms with Crippen molar-refractivity contribution in [2.45, 2.75) is 31.7 Å². The van der Waals surface area contributed by atoms with Crippen molar-refractivity contribution in [1.82, 2.24) is 0 Å². The minimum Gasteiger partial charge on any atom is -0.373 e. The van der Waals surface area contributed by atoms with E-state index in [9.17, 15) is 26.0 Å². The van der Waals surface area contributed by atoms with Gasteiger partial charge >= 0.3 is 15.6 Å². The van der Waals surface area contributed by atoms with Crippen LogP contribution < -0.4 is 4.18 Å². The Hall–Kier alpha value is -1.31. The predicted octanol–water partition coefficient (Wildman–Crippen LogP) is 3.35. The van der Waals surface area contributed by atoms with Gasteiger partial charge in [0, 0.05) is 0 Å². The fourth-order valence-corrected chi connectivity index (χ4v) is 1.67. The molecule has 0 heterocycles. The molecule has 19 heavy (non-hydrogen) atoms. The van der Waals surface area contributed by atoms with Gasteiger partial charge in [-0.2, -0.15) is 21.6 Å². The molecule has 0 aromatic heterocycles. The number of rotatable bonds is 2. The zero-order chi connectivity index (χ0) is 15.1. The van der Waals surface area contributed by atoms with Crippen LogP contribution in [0.15, 0.2) is 18.2 Å². The number of hydrogen-bond acceptors (Lipinski definition) is 3. The largest absolute Gasteiger partial charge is 0.534 e. The lowest BCUT2D eigenvalue weighted by molar-refractivity contribution is -0.0500. The molecule has 0 saturated carbocycles. The summed E-state index contributed by atoms with van der Waals surface area (Å²) in [6.07, 6.45) is 0. The molecule has 0 aliphatic heterocycles. The van der Waals surface area contributed by atoms with E-state index in [4.69, 9.17) is 0 Å². The second-order valence-corrected chi connectivity index (χ2v) is 6.42. The first-order valence-electron chi connectivity index (χ1n) is 5.15. The highest BCUT2D eigenvalue weighted by molar-refractivity contribution is 7.88. The van der Waals surface area contributed by atoms with Crippen LogP contribution in [-0.2, 0) is 15.5 Å². The van der Waals surface area contributed by atoms with E-state index < -0.39 is 32.6 Å². The third-order valence-electron chi connectivity index (χ3n) is 2.28. The standard InChI is InChI=1S/C11H12F4O3S/c1-10(2,3)7-4-5-9(8(12)6-7)18-19(16,17)11(13,14)15/h4-6H,1-3H3. The van der Waals surface area contributed by atoms with Crippen molar-refractivity contribution in [3.05, 3.63) is 29.6 Å². The van der Waals surface area contributed by atoms with E-state index in [1.54, 1.807) is 20.8 Å². The van der Waals surface area contributed by atoms with Crippen LogP contribution in [0.2, 0.25) is 0 Å². The number of alkyl halides is 3. The van der Waals surface area contributed by atoms with Gasteiger partial charge in [0.25, 0.3) is 0 Å². The van der Waals surface area contributed by atoms with E-state index in [-0.39, 0.29) is 0 Å². The summed E-state index contributed by atoms with van der Waals surface area (Å²) >= 11 is 0. The van der Waals surface area contributed by atoms with Gasteiger partial charge in [-0.05, 0) is 23.1 Å². The van der Waals surface area contributed by atoms with Gasteiger partial charge in [0.15, 0.2) is 11.6 Å². The Morgan fingerprint density at radius 2 is 1.63 bits per heavy atom. The van der Waals surface area contributed by atoms with Crippen molar-refractivity contribution < 1.29 is 30.2 Å². The normalized spacial score (nSPS) is 13.4. The fraction of sp³-hybridized carbons (Fsp3) is 0.455. The highest BCUT2D eigenvalue weighted by Gasteiger charge is 2.48.